The number of aromatic carboxylic acids is 1. The van der Waals surface area contributed by atoms with Gasteiger partial charge >= 0.3 is 5.97 Å². The lowest BCUT2D eigenvalue weighted by Crippen LogP contribution is -2.35. The molecule has 8 nitrogen and oxygen atoms in total. The Morgan fingerprint density at radius 1 is 1.19 bits per heavy atom. The van der Waals surface area contributed by atoms with Gasteiger partial charge in [-0.25, -0.2) is 9.78 Å². The van der Waals surface area contributed by atoms with Crippen molar-refractivity contribution in [2.45, 2.75) is 12.5 Å². The van der Waals surface area contributed by atoms with Crippen molar-refractivity contribution in [1.29, 1.82) is 0 Å². The molecule has 0 aliphatic carbocycles. The average molecular weight is 350 g/mol. The van der Waals surface area contributed by atoms with E-state index in [0.717, 1.165) is 5.52 Å². The minimum absolute atomic E-state index is 0.0300. The van der Waals surface area contributed by atoms with Crippen molar-refractivity contribution >= 4 is 40.5 Å². The first-order valence-corrected chi connectivity index (χ1v) is 7.94. The summed E-state index contributed by atoms with van der Waals surface area (Å²) in [7, 11) is 0. The highest BCUT2D eigenvalue weighted by Gasteiger charge is 2.32. The van der Waals surface area contributed by atoms with Crippen molar-refractivity contribution in [1.82, 2.24) is 9.55 Å². The molecule has 1 atom stereocenters. The number of carboxylic acid groups (broad SMARTS) is 1. The quantitative estimate of drug-likeness (QED) is 0.670. The number of hydrogen-bond donors (Lipinski definition) is 3. The molecule has 130 valence electrons. The van der Waals surface area contributed by atoms with Gasteiger partial charge in [-0.1, -0.05) is 18.2 Å². The molecule has 3 aromatic rings. The van der Waals surface area contributed by atoms with Crippen LogP contribution in [0.4, 0.5) is 11.6 Å². The van der Waals surface area contributed by atoms with Crippen LogP contribution in [0, 0.1) is 0 Å². The number of hydrogen-bond acceptors (Lipinski definition) is 4. The summed E-state index contributed by atoms with van der Waals surface area (Å²) in [4.78, 5) is 40.2. The minimum atomic E-state index is -1.08. The standard InChI is InChI=1S/C18H14N4O4/c23-15-9-14(16(24)19-11-5-3-4-10(8-11)17(25)26)22-13-7-2-1-6-12(13)20-18(22)21-15/h1-8,14H,9H2,(H,19,24)(H,25,26)(H,20,21,23)/t14-/m0/s1. The third kappa shape index (κ3) is 2.67. The zero-order chi connectivity index (χ0) is 18.3. The Morgan fingerprint density at radius 3 is 2.81 bits per heavy atom. The van der Waals surface area contributed by atoms with Gasteiger partial charge in [0.25, 0.3) is 0 Å². The van der Waals surface area contributed by atoms with Crippen LogP contribution in [0.5, 0.6) is 0 Å². The third-order valence-corrected chi connectivity index (χ3v) is 4.22. The number of aromatic nitrogens is 2. The minimum Gasteiger partial charge on any atom is -0.478 e. The predicted molar refractivity (Wildman–Crippen MR) is 94.0 cm³/mol. The van der Waals surface area contributed by atoms with Gasteiger partial charge in [0.2, 0.25) is 17.8 Å². The molecule has 0 bridgehead atoms. The lowest BCUT2D eigenvalue weighted by molar-refractivity contribution is -0.124. The monoisotopic (exact) mass is 350 g/mol. The van der Waals surface area contributed by atoms with E-state index in [1.165, 1.54) is 12.1 Å². The molecule has 0 spiro atoms. The van der Waals surface area contributed by atoms with Crippen LogP contribution in [0.25, 0.3) is 11.0 Å². The Labute approximate surface area is 147 Å². The van der Waals surface area contributed by atoms with Gasteiger partial charge in [0.1, 0.15) is 6.04 Å². The second-order valence-corrected chi connectivity index (χ2v) is 5.94. The van der Waals surface area contributed by atoms with E-state index in [0.29, 0.717) is 17.2 Å². The second-order valence-electron chi connectivity index (χ2n) is 5.94. The van der Waals surface area contributed by atoms with Crippen LogP contribution in [0.1, 0.15) is 22.8 Å². The fraction of sp³-hybridized carbons (Fsp3) is 0.111. The summed E-state index contributed by atoms with van der Waals surface area (Å²) < 4.78 is 1.69. The first kappa shape index (κ1) is 15.8. The molecule has 26 heavy (non-hydrogen) atoms. The number of anilines is 2. The van der Waals surface area contributed by atoms with Gasteiger partial charge in [0.15, 0.2) is 0 Å². The van der Waals surface area contributed by atoms with Gasteiger partial charge < -0.3 is 10.4 Å². The van der Waals surface area contributed by atoms with Crippen molar-refractivity contribution in [2.75, 3.05) is 10.6 Å². The van der Waals surface area contributed by atoms with E-state index >= 15 is 0 Å². The number of amides is 2. The molecule has 0 radical (unpaired) electrons. The number of carbonyl (C=O) groups is 3. The maximum atomic E-state index is 12.8. The van der Waals surface area contributed by atoms with Crippen LogP contribution < -0.4 is 10.6 Å². The van der Waals surface area contributed by atoms with Crippen LogP contribution >= 0.6 is 0 Å². The van der Waals surface area contributed by atoms with Crippen molar-refractivity contribution in [3.8, 4) is 0 Å². The number of rotatable bonds is 3. The summed E-state index contributed by atoms with van der Waals surface area (Å²) in [6.07, 6.45) is -0.0300. The highest BCUT2D eigenvalue weighted by Crippen LogP contribution is 2.31. The lowest BCUT2D eigenvalue weighted by Gasteiger charge is -2.25. The number of carbonyl (C=O) groups excluding carboxylic acids is 2. The largest absolute Gasteiger partial charge is 0.478 e. The highest BCUT2D eigenvalue weighted by molar-refractivity contribution is 6.03. The maximum Gasteiger partial charge on any atom is 0.335 e. The maximum absolute atomic E-state index is 12.8. The summed E-state index contributed by atoms with van der Waals surface area (Å²) >= 11 is 0. The summed E-state index contributed by atoms with van der Waals surface area (Å²) in [6, 6.07) is 12.5. The Balaban J connectivity index is 1.70. The molecule has 2 amide bonds. The summed E-state index contributed by atoms with van der Waals surface area (Å²) in [6.45, 7) is 0. The molecule has 8 heteroatoms. The molecule has 0 saturated carbocycles. The molecule has 1 aliphatic heterocycles. The van der Waals surface area contributed by atoms with Crippen molar-refractivity contribution in [3.63, 3.8) is 0 Å². The Bertz CT molecular complexity index is 1060. The van der Waals surface area contributed by atoms with E-state index in [1.807, 2.05) is 18.2 Å². The number of nitrogens with one attached hydrogen (secondary N) is 2. The Hall–Kier alpha value is -3.68. The fourth-order valence-electron chi connectivity index (χ4n) is 3.06. The first-order valence-electron chi connectivity index (χ1n) is 7.94. The average Bonchev–Trinajstić information content (AvgIpc) is 2.99. The first-order chi connectivity index (χ1) is 12.5. The summed E-state index contributed by atoms with van der Waals surface area (Å²) in [5, 5.41) is 14.4. The molecule has 3 N–H and O–H groups in total. The lowest BCUT2D eigenvalue weighted by atomic mass is 10.1. The van der Waals surface area contributed by atoms with Gasteiger partial charge in [-0.15, -0.1) is 0 Å². The fourth-order valence-corrected chi connectivity index (χ4v) is 3.06. The van der Waals surface area contributed by atoms with Gasteiger partial charge in [-0.3, -0.25) is 19.5 Å². The molecule has 0 fully saturated rings. The molecule has 2 heterocycles. The van der Waals surface area contributed by atoms with Crippen LogP contribution in [-0.4, -0.2) is 32.4 Å². The van der Waals surface area contributed by atoms with Crippen LogP contribution in [0.2, 0.25) is 0 Å². The van der Waals surface area contributed by atoms with Crippen molar-refractivity contribution < 1.29 is 19.5 Å². The molecular weight excluding hydrogens is 336 g/mol. The second kappa shape index (κ2) is 5.99. The van der Waals surface area contributed by atoms with E-state index in [1.54, 1.807) is 22.8 Å². The van der Waals surface area contributed by atoms with E-state index in [9.17, 15) is 14.4 Å². The Kier molecular flexibility index (Phi) is 3.65. The number of benzene rings is 2. The molecule has 2 aromatic carbocycles. The van der Waals surface area contributed by atoms with Crippen molar-refractivity contribution in [2.24, 2.45) is 0 Å². The number of imidazole rings is 1. The predicted octanol–water partition coefficient (Wildman–Crippen LogP) is 2.26. The smallest absolute Gasteiger partial charge is 0.335 e. The molecule has 1 aromatic heterocycles. The number of carboxylic acids is 1. The molecule has 4 rings (SSSR count). The van der Waals surface area contributed by atoms with E-state index < -0.39 is 17.9 Å². The number of fused-ring (bicyclic) bond motifs is 3. The van der Waals surface area contributed by atoms with Gasteiger partial charge in [-0.05, 0) is 30.3 Å². The van der Waals surface area contributed by atoms with E-state index in [-0.39, 0.29) is 17.9 Å². The molecular formula is C18H14N4O4. The topological polar surface area (TPSA) is 113 Å². The summed E-state index contributed by atoms with van der Waals surface area (Å²) in [5.74, 6) is -1.47. The van der Waals surface area contributed by atoms with E-state index in [4.69, 9.17) is 5.11 Å². The zero-order valence-electron chi connectivity index (χ0n) is 13.5. The van der Waals surface area contributed by atoms with Gasteiger partial charge in [-0.2, -0.15) is 0 Å². The van der Waals surface area contributed by atoms with Crippen LogP contribution in [0.3, 0.4) is 0 Å². The Morgan fingerprint density at radius 2 is 2.00 bits per heavy atom. The molecule has 0 saturated heterocycles. The van der Waals surface area contributed by atoms with Crippen LogP contribution in [-0.2, 0) is 9.59 Å². The third-order valence-electron chi connectivity index (χ3n) is 4.22. The SMILES string of the molecule is O=C1C[C@@H](C(=O)Nc2cccc(C(=O)O)c2)n2c(nc3ccccc32)N1. The van der Waals surface area contributed by atoms with Gasteiger partial charge in [0, 0.05) is 5.69 Å². The van der Waals surface area contributed by atoms with Crippen LogP contribution in [0.15, 0.2) is 48.5 Å². The van der Waals surface area contributed by atoms with E-state index in [2.05, 4.69) is 15.6 Å². The summed E-state index contributed by atoms with van der Waals surface area (Å²) in [5.41, 5.74) is 1.84. The number of para-hydroxylation sites is 2. The zero-order valence-corrected chi connectivity index (χ0v) is 13.5. The normalized spacial score (nSPS) is 16.0. The molecule has 1 aliphatic rings. The van der Waals surface area contributed by atoms with Gasteiger partial charge in [0.05, 0.1) is 23.0 Å². The highest BCUT2D eigenvalue weighted by atomic mass is 16.4. The number of nitrogens with zero attached hydrogens (tertiary/aromatic N) is 2. The van der Waals surface area contributed by atoms with Crippen molar-refractivity contribution in [3.05, 3.63) is 54.1 Å². The molecule has 0 unspecified atom stereocenters.